The third-order valence-electron chi connectivity index (χ3n) is 19.0. The number of phenols is 2. The number of ketones is 3. The van der Waals surface area contributed by atoms with Gasteiger partial charge in [-0.15, -0.1) is 0 Å². The van der Waals surface area contributed by atoms with Crippen LogP contribution in [0, 0.1) is 0 Å². The van der Waals surface area contributed by atoms with Crippen molar-refractivity contribution in [2.45, 2.75) is 144 Å². The molecule has 436 valence electrons. The zero-order chi connectivity index (χ0) is 58.3. The second-order valence-electron chi connectivity index (χ2n) is 24.8. The maximum atomic E-state index is 12.4. The van der Waals surface area contributed by atoms with E-state index in [9.17, 15) is 24.6 Å². The Labute approximate surface area is 494 Å². The molecule has 3 N–H and O–H groups in total. The Balaban J connectivity index is 0.000000131. The van der Waals surface area contributed by atoms with Gasteiger partial charge in [-0.1, -0.05) is 59.2 Å². The minimum atomic E-state index is -0.117. The van der Waals surface area contributed by atoms with E-state index in [1.54, 1.807) is 12.1 Å². The Hall–Kier alpha value is -7.57. The number of fused-ring (bicyclic) bond motifs is 17. The number of likely N-dealkylation sites (tertiary alicyclic amines) is 1. The van der Waals surface area contributed by atoms with Crippen molar-refractivity contribution in [3.05, 3.63) is 148 Å². The summed E-state index contributed by atoms with van der Waals surface area (Å²) in [6.07, 6.45) is 12.3. The fourth-order valence-corrected chi connectivity index (χ4v) is 14.8. The zero-order valence-corrected chi connectivity index (χ0v) is 49.8. The minimum Gasteiger partial charge on any atom is -0.507 e. The smallest absolute Gasteiger partial charge is 0.163 e. The second kappa shape index (κ2) is 23.1. The van der Waals surface area contributed by atoms with Gasteiger partial charge >= 0.3 is 0 Å². The SMILES string of the molecule is C.C=C1CCc2c1ccc1c2c2c3c(ccc2n1CCCN(C)C)C(=O)CC3.C=C1CCc2c1ccc1c2c2cc(C(C)=O)c(O)cc2n1CCC1CCCN1C.C=C1CCc2c1ccc1c2c2cc(C(C)=O)c(O)cc2n1CCNC(C)C. The van der Waals surface area contributed by atoms with E-state index >= 15 is 0 Å². The van der Waals surface area contributed by atoms with Gasteiger partial charge in [-0.2, -0.15) is 0 Å². The molecule has 1 fully saturated rings. The first kappa shape index (κ1) is 58.2. The van der Waals surface area contributed by atoms with E-state index in [1.165, 1.54) is 127 Å². The Morgan fingerprint density at radius 3 is 1.48 bits per heavy atom. The molecule has 0 radical (unpaired) electrons. The summed E-state index contributed by atoms with van der Waals surface area (Å²) >= 11 is 0. The number of Topliss-reactive ketones (excluding diaryl/α,β-unsaturated/α-hetero) is 3. The Bertz CT molecular complexity index is 4150. The standard InChI is InChI=1S/C25H28N2O2.C24H26N2O.C23H26N2O2.CH4/c1-15-6-7-19-18(15)8-9-22-25(19)21-13-20(16(2)28)24(29)14-23(21)27(22)12-10-17-5-4-11-26(17)3;1-15-5-6-18-16(15)7-10-20-23(18)24-19-9-12-22(27)17(19)8-11-21(24)26(20)14-4-13-25(2)3;1-13(2)24-9-10-25-20-8-7-16-14(3)5-6-17(16)23(20)19-11-18(15(4)26)22(27)12-21(19)25;/h8-9,13-14,17,29H,1,4-7,10-12H2,2-3H3;7-8,10-11H,1,4-6,9,12-14H2,2-3H3;7-8,11-13,24,27H,3,5-6,9-10H2,1-2,4H3;1H4. The summed E-state index contributed by atoms with van der Waals surface area (Å²) in [5, 5.41) is 31.7. The first-order chi connectivity index (χ1) is 39.9. The quantitative estimate of drug-likeness (QED) is 0.0975. The van der Waals surface area contributed by atoms with Crippen molar-refractivity contribution in [2.75, 3.05) is 40.8 Å². The van der Waals surface area contributed by atoms with Crippen molar-refractivity contribution in [3.63, 3.8) is 0 Å². The molecule has 11 heteroatoms. The second-order valence-corrected chi connectivity index (χ2v) is 24.8. The van der Waals surface area contributed by atoms with Gasteiger partial charge in [0.2, 0.25) is 0 Å². The normalized spacial score (nSPS) is 16.4. The van der Waals surface area contributed by atoms with Crippen LogP contribution in [0.4, 0.5) is 0 Å². The van der Waals surface area contributed by atoms with Crippen LogP contribution in [0.2, 0.25) is 0 Å². The van der Waals surface area contributed by atoms with Gasteiger partial charge in [0.25, 0.3) is 0 Å². The van der Waals surface area contributed by atoms with E-state index < -0.39 is 0 Å². The molecule has 1 saturated heterocycles. The topological polar surface area (TPSA) is 125 Å². The maximum absolute atomic E-state index is 12.4. The van der Waals surface area contributed by atoms with Crippen LogP contribution >= 0.6 is 0 Å². The first-order valence-electron chi connectivity index (χ1n) is 30.3. The highest BCUT2D eigenvalue weighted by atomic mass is 16.3. The summed E-state index contributed by atoms with van der Waals surface area (Å²) in [5.74, 6) is 0.214. The molecular weight excluding hydrogens is 1040 g/mol. The summed E-state index contributed by atoms with van der Waals surface area (Å²) in [5.41, 5.74) is 21.5. The van der Waals surface area contributed by atoms with Crippen LogP contribution in [0.5, 0.6) is 11.5 Å². The summed E-state index contributed by atoms with van der Waals surface area (Å²) in [6.45, 7) is 25.8. The Morgan fingerprint density at radius 2 is 1.02 bits per heavy atom. The lowest BCUT2D eigenvalue weighted by Crippen LogP contribution is -2.26. The molecule has 1 unspecified atom stereocenters. The van der Waals surface area contributed by atoms with Gasteiger partial charge in [-0.3, -0.25) is 14.4 Å². The molecule has 4 heterocycles. The molecule has 0 spiro atoms. The molecular formula is C73H84N6O5. The number of aromatic hydroxyl groups is 2. The first-order valence-corrected chi connectivity index (χ1v) is 30.3. The maximum Gasteiger partial charge on any atom is 0.163 e. The van der Waals surface area contributed by atoms with Crippen LogP contribution < -0.4 is 5.32 Å². The lowest BCUT2D eigenvalue weighted by molar-refractivity contribution is 0.0990. The van der Waals surface area contributed by atoms with Crippen molar-refractivity contribution in [1.29, 1.82) is 0 Å². The van der Waals surface area contributed by atoms with Crippen molar-refractivity contribution >= 4 is 99.5 Å². The Kier molecular flexibility index (Phi) is 16.0. The Morgan fingerprint density at radius 1 is 0.595 bits per heavy atom. The number of phenolic OH excluding ortho intramolecular Hbond substituents is 2. The fraction of sp³-hybridized carbons (Fsp3) is 0.384. The van der Waals surface area contributed by atoms with Crippen LogP contribution in [-0.2, 0) is 45.3 Å². The summed E-state index contributed by atoms with van der Waals surface area (Å²) < 4.78 is 7.09. The zero-order valence-electron chi connectivity index (χ0n) is 49.8. The van der Waals surface area contributed by atoms with Gasteiger partial charge in [0.1, 0.15) is 11.5 Å². The van der Waals surface area contributed by atoms with E-state index in [0.717, 1.165) is 123 Å². The lowest BCUT2D eigenvalue weighted by atomic mass is 9.97. The molecule has 3 aromatic heterocycles. The molecule has 1 atom stereocenters. The van der Waals surface area contributed by atoms with E-state index in [4.69, 9.17) is 0 Å². The highest BCUT2D eigenvalue weighted by molar-refractivity contribution is 6.18. The number of hydrogen-bond acceptors (Lipinski definition) is 8. The summed E-state index contributed by atoms with van der Waals surface area (Å²) in [6, 6.07) is 25.9. The van der Waals surface area contributed by atoms with Gasteiger partial charge in [0, 0.05) is 117 Å². The molecule has 14 rings (SSSR count). The van der Waals surface area contributed by atoms with E-state index in [2.05, 4.69) is 132 Å². The molecule has 6 aromatic carbocycles. The molecule has 0 saturated carbocycles. The molecule has 0 amide bonds. The molecule has 9 aromatic rings. The number of carbonyl (C=O) groups is 3. The molecule has 1 aliphatic heterocycles. The van der Waals surface area contributed by atoms with E-state index in [-0.39, 0.29) is 30.5 Å². The van der Waals surface area contributed by atoms with Gasteiger partial charge in [-0.25, -0.2) is 0 Å². The number of nitrogens with one attached hydrogen (secondary N) is 1. The number of allylic oxidation sites excluding steroid dienone is 3. The summed E-state index contributed by atoms with van der Waals surface area (Å²) in [4.78, 5) is 41.1. The molecule has 84 heavy (non-hydrogen) atoms. The molecule has 0 bridgehead atoms. The van der Waals surface area contributed by atoms with Gasteiger partial charge in [0.15, 0.2) is 17.3 Å². The van der Waals surface area contributed by atoms with Crippen molar-refractivity contribution in [2.24, 2.45) is 0 Å². The number of rotatable bonds is 13. The van der Waals surface area contributed by atoms with Crippen LogP contribution in [0.3, 0.4) is 0 Å². The van der Waals surface area contributed by atoms with Crippen molar-refractivity contribution in [3.8, 4) is 11.5 Å². The average molecular weight is 1130 g/mol. The number of nitrogens with zero attached hydrogens (tertiary/aromatic N) is 5. The monoisotopic (exact) mass is 1120 g/mol. The van der Waals surface area contributed by atoms with Gasteiger partial charge < -0.3 is 39.0 Å². The lowest BCUT2D eigenvalue weighted by Gasteiger charge is -2.20. The van der Waals surface area contributed by atoms with Crippen LogP contribution in [0.15, 0.2) is 92.5 Å². The van der Waals surface area contributed by atoms with Crippen LogP contribution in [0.1, 0.15) is 157 Å². The number of benzene rings is 6. The third-order valence-corrected chi connectivity index (χ3v) is 19.0. The van der Waals surface area contributed by atoms with Gasteiger partial charge in [-0.05, 0) is 217 Å². The van der Waals surface area contributed by atoms with Crippen molar-refractivity contribution < 1.29 is 24.6 Å². The largest absolute Gasteiger partial charge is 0.507 e. The van der Waals surface area contributed by atoms with Gasteiger partial charge in [0.05, 0.1) is 22.2 Å². The van der Waals surface area contributed by atoms with Crippen molar-refractivity contribution in [1.82, 2.24) is 28.8 Å². The molecule has 4 aliphatic carbocycles. The van der Waals surface area contributed by atoms with Crippen LogP contribution in [0.25, 0.3) is 82.1 Å². The number of hydrogen-bond donors (Lipinski definition) is 3. The molecule has 5 aliphatic rings. The predicted octanol–water partition coefficient (Wildman–Crippen LogP) is 15.3. The highest BCUT2D eigenvalue weighted by Crippen LogP contribution is 2.46. The predicted molar refractivity (Wildman–Crippen MR) is 350 cm³/mol. The van der Waals surface area contributed by atoms with Crippen LogP contribution in [-0.4, -0.2) is 104 Å². The van der Waals surface area contributed by atoms with E-state index in [1.807, 2.05) is 12.1 Å². The highest BCUT2D eigenvalue weighted by Gasteiger charge is 2.30. The minimum absolute atomic E-state index is 0. The number of aryl methyl sites for hydroxylation is 6. The third kappa shape index (κ3) is 10.1. The van der Waals surface area contributed by atoms with E-state index in [0.29, 0.717) is 35.4 Å². The summed E-state index contributed by atoms with van der Waals surface area (Å²) in [7, 11) is 6.47. The molecule has 11 nitrogen and oxygen atoms in total. The average Bonchev–Trinajstić information content (AvgIpc) is 2.25. The number of aromatic nitrogens is 3. The number of carbonyl (C=O) groups excluding carboxylic acids is 3. The fourth-order valence-electron chi connectivity index (χ4n) is 14.8.